The van der Waals surface area contributed by atoms with E-state index < -0.39 is 0 Å². The lowest BCUT2D eigenvalue weighted by Gasteiger charge is -2.41. The third kappa shape index (κ3) is 4.68. The van der Waals surface area contributed by atoms with Crippen LogP contribution in [0.25, 0.3) is 10.9 Å². The largest absolute Gasteiger partial charge is 0.490 e. The zero-order chi connectivity index (χ0) is 23.8. The first-order valence-electron chi connectivity index (χ1n) is 13.3. The topological polar surface area (TPSA) is 79.2 Å². The maximum Gasteiger partial charge on any atom is 0.270 e. The predicted molar refractivity (Wildman–Crippen MR) is 134 cm³/mol. The maximum atomic E-state index is 12.8. The van der Waals surface area contributed by atoms with Crippen molar-refractivity contribution in [2.45, 2.75) is 76.0 Å². The van der Waals surface area contributed by atoms with Crippen molar-refractivity contribution in [2.24, 2.45) is 5.10 Å². The molecule has 0 atom stereocenters. The minimum atomic E-state index is -0.123. The van der Waals surface area contributed by atoms with Gasteiger partial charge in [-0.1, -0.05) is 6.42 Å². The molecule has 0 bridgehead atoms. The Hall–Kier alpha value is -2.87. The third-order valence-corrected chi connectivity index (χ3v) is 8.36. The van der Waals surface area contributed by atoms with Gasteiger partial charge in [0.1, 0.15) is 17.6 Å². The number of likely N-dealkylation sites (tertiary alicyclic amines) is 2. The number of hydrogen-bond acceptors (Lipinski definition) is 5. The average Bonchev–Trinajstić information content (AvgIpc) is 3.28. The smallest absolute Gasteiger partial charge is 0.270 e. The predicted octanol–water partition coefficient (Wildman–Crippen LogP) is 3.47. The number of rotatable bonds is 5. The number of carbonyl (C=O) groups is 2. The van der Waals surface area contributed by atoms with E-state index >= 15 is 0 Å². The Bertz CT molecular complexity index is 1120. The van der Waals surface area contributed by atoms with Crippen LogP contribution in [0.4, 0.5) is 0 Å². The number of aromatic nitrogens is 1. The maximum absolute atomic E-state index is 12.8. The minimum absolute atomic E-state index is 0.0406. The van der Waals surface area contributed by atoms with E-state index in [1.54, 1.807) is 0 Å². The van der Waals surface area contributed by atoms with Gasteiger partial charge < -0.3 is 19.1 Å². The summed E-state index contributed by atoms with van der Waals surface area (Å²) in [7, 11) is 0. The van der Waals surface area contributed by atoms with Gasteiger partial charge in [0, 0.05) is 68.2 Å². The fraction of sp³-hybridized carbons (Fsp3) is 0.593. The number of hydrazone groups is 1. The van der Waals surface area contributed by atoms with Crippen LogP contribution < -0.4 is 10.2 Å². The van der Waals surface area contributed by atoms with Crippen LogP contribution >= 0.6 is 0 Å². The van der Waals surface area contributed by atoms with Gasteiger partial charge in [-0.2, -0.15) is 5.10 Å². The average molecular weight is 478 g/mol. The first kappa shape index (κ1) is 22.6. The standard InChI is InChI=1S/C27H35N5O3/c33-26-7-5-24(28-29-26)27(34)31-13-9-21(10-14-31)32-17-8-19-18-23(4-6-25(19)32)35-22-11-15-30(16-12-22)20-2-1-3-20/h4,6,8,17-18,20-22H,1-3,5,7,9-16H2,(H,29,33). The van der Waals surface area contributed by atoms with Crippen LogP contribution in [0.3, 0.4) is 0 Å². The number of nitrogens with zero attached hydrogens (tertiary/aromatic N) is 4. The molecule has 1 aliphatic carbocycles. The SMILES string of the molecule is O=C1CCC(C(=O)N2CCC(n3ccc4cc(OC5CCN(C6CCC6)CC5)ccc43)CC2)=NN1. The Morgan fingerprint density at radius 1 is 0.943 bits per heavy atom. The molecule has 1 N–H and O–H groups in total. The summed E-state index contributed by atoms with van der Waals surface area (Å²) in [5.74, 6) is 0.807. The van der Waals surface area contributed by atoms with Crippen LogP contribution in [-0.4, -0.2) is 70.2 Å². The van der Waals surface area contributed by atoms with Gasteiger partial charge >= 0.3 is 0 Å². The van der Waals surface area contributed by atoms with Crippen LogP contribution in [0.1, 0.15) is 63.8 Å². The fourth-order valence-electron chi connectivity index (χ4n) is 5.99. The molecule has 4 heterocycles. The number of ether oxygens (including phenoxy) is 1. The quantitative estimate of drug-likeness (QED) is 0.715. The lowest BCUT2D eigenvalue weighted by Crippen LogP contribution is -2.46. The molecule has 2 saturated heterocycles. The van der Waals surface area contributed by atoms with E-state index in [9.17, 15) is 9.59 Å². The highest BCUT2D eigenvalue weighted by Gasteiger charge is 2.30. The highest BCUT2D eigenvalue weighted by Crippen LogP contribution is 2.32. The molecule has 6 rings (SSSR count). The van der Waals surface area contributed by atoms with Gasteiger partial charge in [0.2, 0.25) is 5.91 Å². The zero-order valence-corrected chi connectivity index (χ0v) is 20.3. The highest BCUT2D eigenvalue weighted by molar-refractivity contribution is 6.39. The molecule has 2 amide bonds. The Kier molecular flexibility index (Phi) is 6.22. The molecule has 4 aliphatic rings. The molecule has 1 saturated carbocycles. The lowest BCUT2D eigenvalue weighted by molar-refractivity contribution is -0.125. The number of benzene rings is 1. The summed E-state index contributed by atoms with van der Waals surface area (Å²) >= 11 is 0. The molecule has 2 aromatic rings. The van der Waals surface area contributed by atoms with Crippen molar-refractivity contribution in [2.75, 3.05) is 26.2 Å². The van der Waals surface area contributed by atoms with Gasteiger partial charge in [-0.3, -0.25) is 9.59 Å². The Morgan fingerprint density at radius 2 is 1.74 bits per heavy atom. The Morgan fingerprint density at radius 3 is 2.43 bits per heavy atom. The monoisotopic (exact) mass is 477 g/mol. The first-order chi connectivity index (χ1) is 17.1. The minimum Gasteiger partial charge on any atom is -0.490 e. The molecule has 8 heteroatoms. The van der Waals surface area contributed by atoms with E-state index in [1.807, 2.05) is 4.90 Å². The molecule has 8 nitrogen and oxygen atoms in total. The molecular formula is C27H35N5O3. The second-order valence-electron chi connectivity index (χ2n) is 10.5. The number of carbonyl (C=O) groups excluding carboxylic acids is 2. The summed E-state index contributed by atoms with van der Waals surface area (Å²) < 4.78 is 8.74. The van der Waals surface area contributed by atoms with Gasteiger partial charge in [0.25, 0.3) is 5.91 Å². The fourth-order valence-corrected chi connectivity index (χ4v) is 5.99. The van der Waals surface area contributed by atoms with Crippen molar-refractivity contribution in [1.82, 2.24) is 19.8 Å². The number of hydrogen-bond donors (Lipinski definition) is 1. The van der Waals surface area contributed by atoms with E-state index in [4.69, 9.17) is 4.74 Å². The van der Waals surface area contributed by atoms with E-state index in [0.717, 1.165) is 50.6 Å². The number of amides is 2. The molecule has 1 aromatic heterocycles. The van der Waals surface area contributed by atoms with Crippen molar-refractivity contribution in [3.63, 3.8) is 0 Å². The number of fused-ring (bicyclic) bond motifs is 1. The van der Waals surface area contributed by atoms with Crippen molar-refractivity contribution < 1.29 is 14.3 Å². The zero-order valence-electron chi connectivity index (χ0n) is 20.3. The Labute approximate surface area is 206 Å². The van der Waals surface area contributed by atoms with Crippen LogP contribution in [0, 0.1) is 0 Å². The van der Waals surface area contributed by atoms with E-state index in [0.29, 0.717) is 43.8 Å². The molecular weight excluding hydrogens is 442 g/mol. The molecule has 3 aliphatic heterocycles. The number of piperidine rings is 2. The summed E-state index contributed by atoms with van der Waals surface area (Å²) in [5, 5.41) is 5.18. The summed E-state index contributed by atoms with van der Waals surface area (Å²) in [6.07, 6.45) is 11.5. The van der Waals surface area contributed by atoms with E-state index in [2.05, 4.69) is 50.5 Å². The van der Waals surface area contributed by atoms with E-state index in [-0.39, 0.29) is 11.8 Å². The first-order valence-corrected chi connectivity index (χ1v) is 13.3. The summed E-state index contributed by atoms with van der Waals surface area (Å²) in [5.41, 5.74) is 4.12. The van der Waals surface area contributed by atoms with Gasteiger partial charge in [-0.05, 0) is 62.8 Å². The van der Waals surface area contributed by atoms with Gasteiger partial charge in [-0.25, -0.2) is 5.43 Å². The van der Waals surface area contributed by atoms with Crippen molar-refractivity contribution in [1.29, 1.82) is 0 Å². The second-order valence-corrected chi connectivity index (χ2v) is 10.5. The highest BCUT2D eigenvalue weighted by atomic mass is 16.5. The van der Waals surface area contributed by atoms with Crippen LogP contribution in [-0.2, 0) is 9.59 Å². The Balaban J connectivity index is 1.05. The molecule has 0 spiro atoms. The van der Waals surface area contributed by atoms with E-state index in [1.165, 1.54) is 30.2 Å². The van der Waals surface area contributed by atoms with Crippen LogP contribution in [0.5, 0.6) is 5.75 Å². The molecule has 3 fully saturated rings. The van der Waals surface area contributed by atoms with Crippen LogP contribution in [0.2, 0.25) is 0 Å². The van der Waals surface area contributed by atoms with Gasteiger partial charge in [0.15, 0.2) is 0 Å². The molecule has 1 aromatic carbocycles. The summed E-state index contributed by atoms with van der Waals surface area (Å²) in [6, 6.07) is 9.86. The van der Waals surface area contributed by atoms with Crippen molar-refractivity contribution in [3.05, 3.63) is 30.5 Å². The third-order valence-electron chi connectivity index (χ3n) is 8.36. The summed E-state index contributed by atoms with van der Waals surface area (Å²) in [6.45, 7) is 3.74. The van der Waals surface area contributed by atoms with Crippen molar-refractivity contribution >= 4 is 28.4 Å². The van der Waals surface area contributed by atoms with Gasteiger partial charge in [0.05, 0.1) is 0 Å². The lowest BCUT2D eigenvalue weighted by atomic mass is 9.90. The summed E-state index contributed by atoms with van der Waals surface area (Å²) in [4.78, 5) is 28.6. The molecule has 0 unspecified atom stereocenters. The van der Waals surface area contributed by atoms with Gasteiger partial charge in [-0.15, -0.1) is 0 Å². The molecule has 186 valence electrons. The normalized spacial score (nSPS) is 23.1. The second kappa shape index (κ2) is 9.64. The molecule has 0 radical (unpaired) electrons. The number of nitrogens with one attached hydrogen (secondary N) is 1. The molecule has 35 heavy (non-hydrogen) atoms. The van der Waals surface area contributed by atoms with Crippen LogP contribution in [0.15, 0.2) is 35.6 Å². The van der Waals surface area contributed by atoms with Crippen molar-refractivity contribution in [3.8, 4) is 5.75 Å².